The van der Waals surface area contributed by atoms with E-state index in [0.29, 0.717) is 17.3 Å². The number of nitrogens with zero attached hydrogens (tertiary/aromatic N) is 3. The molecule has 0 aliphatic carbocycles. The monoisotopic (exact) mass is 385 g/mol. The third kappa shape index (κ3) is 5.23. The number of aryl methyl sites for hydroxylation is 1. The summed E-state index contributed by atoms with van der Waals surface area (Å²) in [5.74, 6) is 0. The molecule has 8 heteroatoms. The molecule has 138 valence electrons. The van der Waals surface area contributed by atoms with E-state index in [4.69, 9.17) is 5.26 Å². The van der Waals surface area contributed by atoms with Crippen LogP contribution in [0, 0.1) is 18.3 Å². The van der Waals surface area contributed by atoms with Crippen molar-refractivity contribution in [2.45, 2.75) is 19.4 Å². The van der Waals surface area contributed by atoms with E-state index in [1.165, 1.54) is 6.42 Å². The number of benzene rings is 1. The van der Waals surface area contributed by atoms with Crippen molar-refractivity contribution in [2.24, 2.45) is 0 Å². The zero-order valence-corrected chi connectivity index (χ0v) is 16.0. The second-order valence-electron chi connectivity index (χ2n) is 6.24. The molecule has 2 heterocycles. The Balaban J connectivity index is 0.00000156. The number of anilines is 1. The van der Waals surface area contributed by atoms with Gasteiger partial charge < -0.3 is 15.5 Å². The lowest BCUT2D eigenvalue weighted by Crippen LogP contribution is -2.53. The zero-order chi connectivity index (χ0) is 16.2. The van der Waals surface area contributed by atoms with Crippen molar-refractivity contribution in [1.29, 1.82) is 5.26 Å². The van der Waals surface area contributed by atoms with Crippen LogP contribution >= 0.6 is 24.8 Å². The summed E-state index contributed by atoms with van der Waals surface area (Å²) in [4.78, 5) is 16.7. The maximum absolute atomic E-state index is 12.4. The van der Waals surface area contributed by atoms with Gasteiger partial charge in [0.15, 0.2) is 0 Å². The number of carbonyl (C=O) groups excluding carboxylic acids is 1. The Morgan fingerprint density at radius 3 is 2.60 bits per heavy atom. The van der Waals surface area contributed by atoms with Crippen LogP contribution in [0.5, 0.6) is 0 Å². The lowest BCUT2D eigenvalue weighted by molar-refractivity contribution is 0.119. The summed E-state index contributed by atoms with van der Waals surface area (Å²) >= 11 is 0. The molecular formula is C17H25Cl2N5O. The molecule has 0 spiro atoms. The highest BCUT2D eigenvalue weighted by molar-refractivity contribution is 5.89. The van der Waals surface area contributed by atoms with Gasteiger partial charge in [-0.3, -0.25) is 4.90 Å². The molecule has 0 saturated carbocycles. The number of halogens is 2. The Bertz CT molecular complexity index is 620. The largest absolute Gasteiger partial charge is 0.322 e. The molecule has 2 fully saturated rings. The van der Waals surface area contributed by atoms with Crippen LogP contribution in [0.15, 0.2) is 18.2 Å². The minimum absolute atomic E-state index is 0. The molecule has 25 heavy (non-hydrogen) atoms. The Hall–Kier alpha value is -1.52. The highest BCUT2D eigenvalue weighted by atomic mass is 35.5. The van der Waals surface area contributed by atoms with E-state index in [1.807, 2.05) is 24.0 Å². The topological polar surface area (TPSA) is 71.4 Å². The van der Waals surface area contributed by atoms with Crippen LogP contribution in [0.4, 0.5) is 10.5 Å². The Morgan fingerprint density at radius 1 is 1.28 bits per heavy atom. The van der Waals surface area contributed by atoms with E-state index in [1.54, 1.807) is 6.07 Å². The van der Waals surface area contributed by atoms with E-state index in [2.05, 4.69) is 21.6 Å². The number of hydrogen-bond acceptors (Lipinski definition) is 4. The van der Waals surface area contributed by atoms with Crippen LogP contribution in [0.2, 0.25) is 0 Å². The summed E-state index contributed by atoms with van der Waals surface area (Å²) < 4.78 is 0. The molecule has 1 unspecified atom stereocenters. The molecule has 3 rings (SSSR count). The Morgan fingerprint density at radius 2 is 2.00 bits per heavy atom. The van der Waals surface area contributed by atoms with Crippen molar-refractivity contribution in [3.63, 3.8) is 0 Å². The van der Waals surface area contributed by atoms with Crippen LogP contribution < -0.4 is 10.6 Å². The number of nitriles is 1. The minimum atomic E-state index is -0.0815. The first-order valence-corrected chi connectivity index (χ1v) is 8.19. The van der Waals surface area contributed by atoms with E-state index in [0.717, 1.165) is 44.8 Å². The van der Waals surface area contributed by atoms with Gasteiger partial charge in [-0.25, -0.2) is 4.79 Å². The van der Waals surface area contributed by atoms with Gasteiger partial charge in [0.25, 0.3) is 0 Å². The first kappa shape index (κ1) is 21.5. The smallest absolute Gasteiger partial charge is 0.321 e. The summed E-state index contributed by atoms with van der Waals surface area (Å²) in [6.07, 6.45) is 1.20. The lowest BCUT2D eigenvalue weighted by Gasteiger charge is -2.37. The molecule has 2 amide bonds. The average molecular weight is 386 g/mol. The minimum Gasteiger partial charge on any atom is -0.322 e. The van der Waals surface area contributed by atoms with Gasteiger partial charge in [-0.05, 0) is 37.6 Å². The highest BCUT2D eigenvalue weighted by Gasteiger charge is 2.27. The second kappa shape index (κ2) is 9.83. The van der Waals surface area contributed by atoms with Gasteiger partial charge in [-0.1, -0.05) is 6.07 Å². The first-order valence-electron chi connectivity index (χ1n) is 8.19. The van der Waals surface area contributed by atoms with Gasteiger partial charge >= 0.3 is 6.03 Å². The fourth-order valence-corrected chi connectivity index (χ4v) is 3.26. The molecule has 1 atom stereocenters. The van der Waals surface area contributed by atoms with Gasteiger partial charge in [0, 0.05) is 44.5 Å². The summed E-state index contributed by atoms with van der Waals surface area (Å²) in [5.41, 5.74) is 2.20. The van der Waals surface area contributed by atoms with Crippen molar-refractivity contribution in [1.82, 2.24) is 15.1 Å². The molecular weight excluding hydrogens is 361 g/mol. The number of nitrogens with one attached hydrogen (secondary N) is 2. The van der Waals surface area contributed by atoms with Crippen LogP contribution in [-0.2, 0) is 0 Å². The molecule has 6 nitrogen and oxygen atoms in total. The van der Waals surface area contributed by atoms with Gasteiger partial charge in [0.2, 0.25) is 0 Å². The molecule has 2 aliphatic heterocycles. The van der Waals surface area contributed by atoms with Crippen molar-refractivity contribution in [2.75, 3.05) is 44.6 Å². The quantitative estimate of drug-likeness (QED) is 0.818. The SMILES string of the molecule is Cc1ccc(NC(=O)N2CCN(C3CCNC3)CC2)cc1C#N.Cl.Cl. The molecule has 2 saturated heterocycles. The van der Waals surface area contributed by atoms with Crippen LogP contribution in [-0.4, -0.2) is 61.1 Å². The van der Waals surface area contributed by atoms with Crippen molar-refractivity contribution < 1.29 is 4.79 Å². The van der Waals surface area contributed by atoms with Gasteiger partial charge in [0.05, 0.1) is 11.6 Å². The molecule has 2 N–H and O–H groups in total. The van der Waals surface area contributed by atoms with Crippen LogP contribution in [0.3, 0.4) is 0 Å². The zero-order valence-electron chi connectivity index (χ0n) is 14.3. The maximum Gasteiger partial charge on any atom is 0.321 e. The number of amides is 2. The fourth-order valence-electron chi connectivity index (χ4n) is 3.26. The van der Waals surface area contributed by atoms with Gasteiger partial charge in [-0.15, -0.1) is 24.8 Å². The number of hydrogen-bond donors (Lipinski definition) is 2. The van der Waals surface area contributed by atoms with Crippen molar-refractivity contribution in [3.05, 3.63) is 29.3 Å². The second-order valence-corrected chi connectivity index (χ2v) is 6.24. The Labute approximate surface area is 161 Å². The summed E-state index contributed by atoms with van der Waals surface area (Å²) in [6, 6.07) is 8.12. The maximum atomic E-state index is 12.4. The summed E-state index contributed by atoms with van der Waals surface area (Å²) in [7, 11) is 0. The molecule has 0 aromatic heterocycles. The number of rotatable bonds is 2. The molecule has 1 aromatic carbocycles. The Kier molecular flexibility index (Phi) is 8.46. The van der Waals surface area contributed by atoms with E-state index in [-0.39, 0.29) is 30.8 Å². The number of urea groups is 1. The number of carbonyl (C=O) groups is 1. The predicted octanol–water partition coefficient (Wildman–Crippen LogP) is 2.22. The number of piperazine rings is 1. The lowest BCUT2D eigenvalue weighted by atomic mass is 10.1. The predicted molar refractivity (Wildman–Crippen MR) is 104 cm³/mol. The third-order valence-corrected chi connectivity index (χ3v) is 4.76. The van der Waals surface area contributed by atoms with E-state index in [9.17, 15) is 4.79 Å². The van der Waals surface area contributed by atoms with Crippen LogP contribution in [0.25, 0.3) is 0 Å². The standard InChI is InChI=1S/C17H23N5O.2ClH/c1-13-2-3-15(10-14(13)11-18)20-17(23)22-8-6-21(7-9-22)16-4-5-19-12-16;;/h2-3,10,16,19H,4-9,12H2,1H3,(H,20,23);2*1H. The van der Waals surface area contributed by atoms with Gasteiger partial charge in [-0.2, -0.15) is 5.26 Å². The summed E-state index contributed by atoms with van der Waals surface area (Å²) in [5, 5.41) is 15.4. The molecule has 1 aromatic rings. The summed E-state index contributed by atoms with van der Waals surface area (Å²) in [6.45, 7) is 7.40. The molecule has 2 aliphatic rings. The van der Waals surface area contributed by atoms with E-state index >= 15 is 0 Å². The van der Waals surface area contributed by atoms with Crippen LogP contribution in [0.1, 0.15) is 17.5 Å². The van der Waals surface area contributed by atoms with Crippen molar-refractivity contribution >= 4 is 36.5 Å². The normalized spacial score (nSPS) is 20.2. The van der Waals surface area contributed by atoms with Crippen molar-refractivity contribution in [3.8, 4) is 6.07 Å². The molecule has 0 radical (unpaired) electrons. The fraction of sp³-hybridized carbons (Fsp3) is 0.529. The third-order valence-electron chi connectivity index (χ3n) is 4.76. The molecule has 0 bridgehead atoms. The first-order chi connectivity index (χ1) is 11.2. The van der Waals surface area contributed by atoms with E-state index < -0.39 is 0 Å². The van der Waals surface area contributed by atoms with Gasteiger partial charge in [0.1, 0.15) is 0 Å². The highest BCUT2D eigenvalue weighted by Crippen LogP contribution is 2.16. The average Bonchev–Trinajstić information content (AvgIpc) is 3.11.